The first kappa shape index (κ1) is 30.4. The second-order valence-corrected chi connectivity index (χ2v) is 12.4. The zero-order valence-corrected chi connectivity index (χ0v) is 25.5. The van der Waals surface area contributed by atoms with Gasteiger partial charge in [0.2, 0.25) is 5.91 Å². The normalized spacial score (nSPS) is 17.6. The highest BCUT2D eigenvalue weighted by atomic mass is 32.2. The number of amides is 2. The number of benzene rings is 3. The zero-order chi connectivity index (χ0) is 31.2. The monoisotopic (exact) mass is 637 g/mol. The first-order valence-electron chi connectivity index (χ1n) is 14.2. The van der Waals surface area contributed by atoms with Gasteiger partial charge in [-0.3, -0.25) is 19.5 Å². The second kappa shape index (κ2) is 14.0. The number of β-lactam (4-membered cyclic amide) rings is 1. The zero-order valence-electron chi connectivity index (χ0n) is 23.9. The first-order valence-corrected chi connectivity index (χ1v) is 16.2. The molecule has 6 rings (SSSR count). The van der Waals surface area contributed by atoms with Crippen LogP contribution >= 0.6 is 23.5 Å². The molecule has 0 unspecified atom stereocenters. The van der Waals surface area contributed by atoms with Crippen LogP contribution in [0, 0.1) is 5.82 Å². The highest BCUT2D eigenvalue weighted by Gasteiger charge is 2.54. The molecule has 0 spiro atoms. The number of esters is 1. The van der Waals surface area contributed by atoms with Gasteiger partial charge in [0, 0.05) is 23.1 Å². The molecule has 1 saturated heterocycles. The molecule has 1 N–H and O–H groups in total. The van der Waals surface area contributed by atoms with Crippen molar-refractivity contribution >= 4 is 47.4 Å². The summed E-state index contributed by atoms with van der Waals surface area (Å²) in [5.74, 6) is -1.33. The quantitative estimate of drug-likeness (QED) is 0.166. The van der Waals surface area contributed by atoms with E-state index in [1.54, 1.807) is 12.4 Å². The van der Waals surface area contributed by atoms with E-state index in [9.17, 15) is 18.8 Å². The molecular formula is C35H28FN3O4S2. The van der Waals surface area contributed by atoms with Crippen molar-refractivity contribution in [2.75, 3.05) is 5.75 Å². The summed E-state index contributed by atoms with van der Waals surface area (Å²) in [4.78, 5) is 46.7. The van der Waals surface area contributed by atoms with E-state index < -0.39 is 29.4 Å². The maximum Gasteiger partial charge on any atom is 0.356 e. The summed E-state index contributed by atoms with van der Waals surface area (Å²) >= 11 is 2.82. The Balaban J connectivity index is 1.26. The van der Waals surface area contributed by atoms with Crippen molar-refractivity contribution in [3.8, 4) is 0 Å². The molecule has 0 aliphatic carbocycles. The van der Waals surface area contributed by atoms with Crippen LogP contribution in [0.5, 0.6) is 0 Å². The Morgan fingerprint density at radius 2 is 1.69 bits per heavy atom. The molecule has 1 aromatic heterocycles. The van der Waals surface area contributed by atoms with E-state index in [1.165, 1.54) is 52.7 Å². The van der Waals surface area contributed by atoms with Gasteiger partial charge in [0.05, 0.1) is 6.42 Å². The van der Waals surface area contributed by atoms with Crippen LogP contribution in [0.1, 0.15) is 28.4 Å². The summed E-state index contributed by atoms with van der Waals surface area (Å²) in [6, 6.07) is 27.5. The van der Waals surface area contributed by atoms with E-state index in [2.05, 4.69) is 10.3 Å². The maximum atomic E-state index is 14.1. The van der Waals surface area contributed by atoms with Crippen LogP contribution in [0.4, 0.5) is 4.39 Å². The Labute approximate surface area is 268 Å². The summed E-state index contributed by atoms with van der Waals surface area (Å²) in [5, 5.41) is 4.20. The predicted octanol–water partition coefficient (Wildman–Crippen LogP) is 6.11. The minimum absolute atomic E-state index is 0.00224. The van der Waals surface area contributed by atoms with Crippen LogP contribution in [0.2, 0.25) is 0 Å². The van der Waals surface area contributed by atoms with Crippen molar-refractivity contribution in [3.63, 3.8) is 0 Å². The molecule has 0 bridgehead atoms. The van der Waals surface area contributed by atoms with Crippen molar-refractivity contribution in [3.05, 3.63) is 154 Å². The lowest BCUT2D eigenvalue weighted by atomic mass is 10.0. The number of nitrogens with one attached hydrogen (secondary N) is 1. The van der Waals surface area contributed by atoms with E-state index in [1.807, 2.05) is 84.3 Å². The van der Waals surface area contributed by atoms with Crippen LogP contribution in [-0.4, -0.2) is 44.8 Å². The van der Waals surface area contributed by atoms with E-state index in [-0.39, 0.29) is 23.8 Å². The van der Waals surface area contributed by atoms with E-state index >= 15 is 0 Å². The number of carbonyl (C=O) groups is 3. The predicted molar refractivity (Wildman–Crippen MR) is 174 cm³/mol. The first-order chi connectivity index (χ1) is 22.0. The summed E-state index contributed by atoms with van der Waals surface area (Å²) in [6.07, 6.45) is 4.62. The topological polar surface area (TPSA) is 88.6 Å². The van der Waals surface area contributed by atoms with E-state index in [0.717, 1.165) is 16.7 Å². The standard InChI is InChI=1S/C35H28FN3O4S2/c36-27-15-13-23(14-16-27)20-29(40)38-30-33(41)39-31(28(22-45-34(30)39)44-19-17-24-8-7-18-37-21-24)35(42)43-32(25-9-3-1-4-10-25)26-11-5-2-6-12-26/h1-19,21,30,32,34H,20,22H2,(H,38,40)/b19-17-/t30-,34-/m1/s1. The average molecular weight is 638 g/mol. The van der Waals surface area contributed by atoms with Gasteiger partial charge in [-0.15, -0.1) is 11.8 Å². The highest BCUT2D eigenvalue weighted by molar-refractivity contribution is 8.08. The molecule has 4 aromatic rings. The van der Waals surface area contributed by atoms with Crippen molar-refractivity contribution in [1.29, 1.82) is 0 Å². The third kappa shape index (κ3) is 7.02. The lowest BCUT2D eigenvalue weighted by Crippen LogP contribution is -2.70. The molecule has 2 atom stereocenters. The molecule has 3 aromatic carbocycles. The fraction of sp³-hybridized carbons (Fsp3) is 0.143. The molecule has 10 heteroatoms. The summed E-state index contributed by atoms with van der Waals surface area (Å²) in [6.45, 7) is 0. The molecule has 2 aliphatic rings. The van der Waals surface area contributed by atoms with Crippen LogP contribution < -0.4 is 5.32 Å². The lowest BCUT2D eigenvalue weighted by molar-refractivity contribution is -0.154. The van der Waals surface area contributed by atoms with Gasteiger partial charge in [0.25, 0.3) is 5.91 Å². The molecule has 2 amide bonds. The van der Waals surface area contributed by atoms with Gasteiger partial charge in [-0.1, -0.05) is 90.6 Å². The fourth-order valence-corrected chi connectivity index (χ4v) is 7.45. The van der Waals surface area contributed by atoms with Gasteiger partial charge in [-0.2, -0.15) is 0 Å². The number of rotatable bonds is 10. The summed E-state index contributed by atoms with van der Waals surface area (Å²) < 4.78 is 19.5. The number of hydrogen-bond donors (Lipinski definition) is 1. The third-order valence-corrected chi connectivity index (χ3v) is 9.66. The SMILES string of the molecule is O=C(Cc1ccc(F)cc1)N[C@@H]1C(=O)N2C(C(=O)OC(c3ccccc3)c3ccccc3)=C(S/C=C\c3cccnc3)CS[C@H]12. The van der Waals surface area contributed by atoms with Crippen molar-refractivity contribution in [2.45, 2.75) is 23.9 Å². The Morgan fingerprint density at radius 1 is 1.00 bits per heavy atom. The molecule has 45 heavy (non-hydrogen) atoms. The summed E-state index contributed by atoms with van der Waals surface area (Å²) in [7, 11) is 0. The fourth-order valence-electron chi connectivity index (χ4n) is 5.10. The number of pyridine rings is 1. The van der Waals surface area contributed by atoms with Gasteiger partial charge in [0.1, 0.15) is 22.9 Å². The number of thioether (sulfide) groups is 2. The summed E-state index contributed by atoms with van der Waals surface area (Å²) in [5.41, 5.74) is 3.29. The van der Waals surface area contributed by atoms with E-state index in [0.29, 0.717) is 16.2 Å². The molecule has 0 saturated carbocycles. The third-order valence-electron chi connectivity index (χ3n) is 7.31. The Bertz CT molecular complexity index is 1700. The van der Waals surface area contributed by atoms with Crippen LogP contribution in [0.3, 0.4) is 0 Å². The second-order valence-electron chi connectivity index (χ2n) is 10.3. The molecule has 7 nitrogen and oxygen atoms in total. The van der Waals surface area contributed by atoms with Gasteiger partial charge < -0.3 is 10.1 Å². The number of nitrogens with zero attached hydrogens (tertiary/aromatic N) is 2. The van der Waals surface area contributed by atoms with Crippen molar-refractivity contribution in [1.82, 2.24) is 15.2 Å². The number of carbonyl (C=O) groups excluding carboxylic acids is 3. The van der Waals surface area contributed by atoms with Gasteiger partial charge in [-0.05, 0) is 51.9 Å². The molecule has 1 fully saturated rings. The average Bonchev–Trinajstić information content (AvgIpc) is 3.08. The van der Waals surface area contributed by atoms with Crippen LogP contribution in [0.15, 0.2) is 125 Å². The smallest absolute Gasteiger partial charge is 0.356 e. The number of fused-ring (bicyclic) bond motifs is 1. The molecular weight excluding hydrogens is 610 g/mol. The Morgan fingerprint density at radius 3 is 2.33 bits per heavy atom. The van der Waals surface area contributed by atoms with Gasteiger partial charge in [0.15, 0.2) is 6.10 Å². The molecule has 0 radical (unpaired) electrons. The molecule has 2 aliphatic heterocycles. The van der Waals surface area contributed by atoms with Crippen molar-refractivity contribution < 1.29 is 23.5 Å². The minimum Gasteiger partial charge on any atom is -0.448 e. The number of aromatic nitrogens is 1. The van der Waals surface area contributed by atoms with Crippen LogP contribution in [0.25, 0.3) is 6.08 Å². The molecule has 226 valence electrons. The largest absolute Gasteiger partial charge is 0.448 e. The van der Waals surface area contributed by atoms with Crippen molar-refractivity contribution in [2.24, 2.45) is 0 Å². The Kier molecular flexibility index (Phi) is 9.42. The lowest BCUT2D eigenvalue weighted by Gasteiger charge is -2.49. The van der Waals surface area contributed by atoms with Crippen LogP contribution in [-0.2, 0) is 25.5 Å². The Hall–Kier alpha value is -4.67. The maximum absolute atomic E-state index is 14.1. The minimum atomic E-state index is -0.803. The van der Waals surface area contributed by atoms with Gasteiger partial charge >= 0.3 is 5.97 Å². The van der Waals surface area contributed by atoms with Gasteiger partial charge in [-0.25, -0.2) is 9.18 Å². The highest BCUT2D eigenvalue weighted by Crippen LogP contribution is 2.45. The van der Waals surface area contributed by atoms with E-state index in [4.69, 9.17) is 4.74 Å². The molecule has 3 heterocycles. The number of ether oxygens (including phenoxy) is 1. The number of hydrogen-bond acceptors (Lipinski definition) is 7. The number of halogens is 1.